The Hall–Kier alpha value is -2.52. The van der Waals surface area contributed by atoms with Crippen molar-refractivity contribution in [1.29, 1.82) is 0 Å². The molecule has 2 aromatic heterocycles. The van der Waals surface area contributed by atoms with Crippen LogP contribution < -0.4 is 21.3 Å². The fraction of sp³-hybridized carbons (Fsp3) is 0.679. The highest BCUT2D eigenvalue weighted by atomic mass is 35.5. The first-order valence-electron chi connectivity index (χ1n) is 14.6. The number of rotatable bonds is 3. The Labute approximate surface area is 230 Å². The fourth-order valence-electron chi connectivity index (χ4n) is 7.17. The maximum Gasteiger partial charge on any atom is 0.263 e. The Morgan fingerprint density at radius 3 is 2.50 bits per heavy atom. The van der Waals surface area contributed by atoms with Gasteiger partial charge in [0.15, 0.2) is 5.82 Å². The Bertz CT molecular complexity index is 1130. The molecule has 2 bridgehead atoms. The minimum absolute atomic E-state index is 0.108. The third kappa shape index (κ3) is 4.72. The van der Waals surface area contributed by atoms with E-state index in [0.717, 1.165) is 76.1 Å². The largest absolute Gasteiger partial charge is 0.381 e. The number of nitrogen functional groups attached to an aromatic ring is 1. The van der Waals surface area contributed by atoms with Gasteiger partial charge < -0.3 is 26.2 Å². The normalized spacial score (nSPS) is 27.3. The molecule has 7 rings (SSSR count). The van der Waals surface area contributed by atoms with Crippen molar-refractivity contribution in [2.45, 2.75) is 87.6 Å². The van der Waals surface area contributed by atoms with Crippen molar-refractivity contribution in [3.8, 4) is 0 Å². The lowest BCUT2D eigenvalue weighted by molar-refractivity contribution is 0.102. The Kier molecular flexibility index (Phi) is 7.40. The summed E-state index contributed by atoms with van der Waals surface area (Å²) in [6.45, 7) is 4.87. The molecule has 1 amide bonds. The van der Waals surface area contributed by atoms with E-state index in [-0.39, 0.29) is 22.6 Å². The number of anilines is 4. The molecule has 4 fully saturated rings. The van der Waals surface area contributed by atoms with Crippen LogP contribution in [0, 0.1) is 0 Å². The van der Waals surface area contributed by atoms with Crippen molar-refractivity contribution in [3.63, 3.8) is 0 Å². The van der Waals surface area contributed by atoms with Crippen LogP contribution in [0.15, 0.2) is 18.5 Å². The monoisotopic (exact) mass is 540 g/mol. The summed E-state index contributed by atoms with van der Waals surface area (Å²) in [5.41, 5.74) is 8.30. The number of aromatic nitrogens is 3. The first-order chi connectivity index (χ1) is 18.6. The van der Waals surface area contributed by atoms with Gasteiger partial charge in [-0.05, 0) is 31.7 Å². The van der Waals surface area contributed by atoms with E-state index >= 15 is 0 Å². The zero-order chi connectivity index (χ0) is 26.1. The van der Waals surface area contributed by atoms with Gasteiger partial charge in [-0.15, -0.1) is 11.6 Å². The predicted octanol–water partition coefficient (Wildman–Crippen LogP) is 4.65. The van der Waals surface area contributed by atoms with Gasteiger partial charge in [-0.25, -0.2) is 4.68 Å². The van der Waals surface area contributed by atoms with Crippen molar-refractivity contribution in [2.24, 2.45) is 0 Å². The lowest BCUT2D eigenvalue weighted by atomic mass is 9.81. The molecule has 1 unspecified atom stereocenters. The van der Waals surface area contributed by atoms with Gasteiger partial charge in [0.2, 0.25) is 0 Å². The molecule has 206 valence electrons. The van der Waals surface area contributed by atoms with E-state index in [9.17, 15) is 4.79 Å². The van der Waals surface area contributed by atoms with Crippen LogP contribution in [0.2, 0.25) is 0 Å². The van der Waals surface area contributed by atoms with Crippen LogP contribution in [0.4, 0.5) is 23.0 Å². The molecule has 9 nitrogen and oxygen atoms in total. The van der Waals surface area contributed by atoms with Crippen molar-refractivity contribution in [2.75, 3.05) is 54.0 Å². The van der Waals surface area contributed by atoms with Gasteiger partial charge >= 0.3 is 0 Å². The maximum atomic E-state index is 13.8. The number of amides is 1. The Morgan fingerprint density at radius 2 is 1.76 bits per heavy atom. The second-order valence-electron chi connectivity index (χ2n) is 11.6. The van der Waals surface area contributed by atoms with Crippen LogP contribution in [0.1, 0.15) is 81.0 Å². The van der Waals surface area contributed by atoms with Crippen LogP contribution >= 0.6 is 11.6 Å². The molecule has 0 radical (unpaired) electrons. The number of hydrogen-bond donors (Lipinski definition) is 3. The van der Waals surface area contributed by atoms with Crippen molar-refractivity contribution >= 4 is 40.5 Å². The third-order valence-corrected chi connectivity index (χ3v) is 9.88. The van der Waals surface area contributed by atoms with E-state index in [0.29, 0.717) is 24.0 Å². The molecule has 1 atom stereocenters. The molecule has 2 aromatic rings. The van der Waals surface area contributed by atoms with Gasteiger partial charge in [0.1, 0.15) is 11.4 Å². The van der Waals surface area contributed by atoms with Crippen LogP contribution in [-0.4, -0.2) is 69.7 Å². The fourth-order valence-corrected chi connectivity index (χ4v) is 7.56. The Morgan fingerprint density at radius 1 is 1.05 bits per heavy atom. The number of hydrogen-bond acceptors (Lipinski definition) is 7. The topological polar surface area (TPSA) is 104 Å². The molecule has 1 spiro atoms. The lowest BCUT2D eigenvalue weighted by Crippen LogP contribution is -2.50. The van der Waals surface area contributed by atoms with Gasteiger partial charge in [0.25, 0.3) is 5.91 Å². The number of fused-ring (bicyclic) bond motifs is 6. The summed E-state index contributed by atoms with van der Waals surface area (Å²) in [4.78, 5) is 23.2. The minimum Gasteiger partial charge on any atom is -0.381 e. The molecule has 5 aliphatic rings. The van der Waals surface area contributed by atoms with Gasteiger partial charge in [-0.2, -0.15) is 5.10 Å². The van der Waals surface area contributed by atoms with Crippen molar-refractivity contribution in [3.05, 3.63) is 24.0 Å². The molecule has 6 heterocycles. The molecule has 38 heavy (non-hydrogen) atoms. The lowest BCUT2D eigenvalue weighted by Gasteiger charge is -2.43. The van der Waals surface area contributed by atoms with Gasteiger partial charge in [0, 0.05) is 45.0 Å². The average molecular weight is 541 g/mol. The van der Waals surface area contributed by atoms with E-state index in [1.54, 1.807) is 6.20 Å². The molecule has 3 saturated heterocycles. The third-order valence-electron chi connectivity index (χ3n) is 9.32. The van der Waals surface area contributed by atoms with Crippen LogP contribution in [-0.2, 0) is 5.54 Å². The summed E-state index contributed by atoms with van der Waals surface area (Å²) in [5, 5.41) is 11.2. The quantitative estimate of drug-likeness (QED) is 0.487. The Balaban J connectivity index is 1.30. The minimum atomic E-state index is -0.327. The number of piperidine rings is 1. The summed E-state index contributed by atoms with van der Waals surface area (Å²) < 4.78 is 1.98. The SMILES string of the molecule is Nc1nn2c(c1C(=O)Nc1cnccc1N1CCN3CCC1CC3)NCC(Cl)C21CCCCCCCCC1. The standard InChI is InChI=1S/C28H41ClN8O/c29-23-19-32-26-24(25(30)34-37(26)28(23)11-6-4-2-1-3-5-7-12-28)27(38)33-21-18-31-13-8-22(21)36-17-16-35-14-9-20(36)10-15-35/h8,13,18,20,23,32H,1-7,9-12,14-17,19H2,(H2,30,34)(H,33,38). The van der Waals surface area contributed by atoms with Crippen LogP contribution in [0.5, 0.6) is 0 Å². The second kappa shape index (κ2) is 10.9. The first kappa shape index (κ1) is 25.7. The van der Waals surface area contributed by atoms with Gasteiger partial charge in [0.05, 0.1) is 28.5 Å². The number of alkyl halides is 1. The summed E-state index contributed by atoms with van der Waals surface area (Å²) in [6.07, 6.45) is 16.2. The van der Waals surface area contributed by atoms with E-state index in [1.807, 2.05) is 16.9 Å². The van der Waals surface area contributed by atoms with Gasteiger partial charge in [-0.1, -0.05) is 44.9 Å². The predicted molar refractivity (Wildman–Crippen MR) is 153 cm³/mol. The van der Waals surface area contributed by atoms with Crippen molar-refractivity contribution in [1.82, 2.24) is 19.7 Å². The summed E-state index contributed by atoms with van der Waals surface area (Å²) in [5.74, 6) is 0.691. The zero-order valence-electron chi connectivity index (χ0n) is 22.3. The van der Waals surface area contributed by atoms with Gasteiger partial charge in [-0.3, -0.25) is 9.78 Å². The van der Waals surface area contributed by atoms with E-state index in [2.05, 4.69) is 25.4 Å². The zero-order valence-corrected chi connectivity index (χ0v) is 23.1. The number of nitrogens with two attached hydrogens (primary N) is 1. The molecule has 1 saturated carbocycles. The van der Waals surface area contributed by atoms with E-state index < -0.39 is 0 Å². The average Bonchev–Trinajstić information content (AvgIpc) is 3.05. The van der Waals surface area contributed by atoms with Crippen LogP contribution in [0.25, 0.3) is 0 Å². The first-order valence-corrected chi connectivity index (χ1v) is 15.0. The summed E-state index contributed by atoms with van der Waals surface area (Å²) in [7, 11) is 0. The summed E-state index contributed by atoms with van der Waals surface area (Å²) in [6, 6.07) is 2.50. The smallest absolute Gasteiger partial charge is 0.263 e. The second-order valence-corrected chi connectivity index (χ2v) is 12.1. The van der Waals surface area contributed by atoms with E-state index in [1.165, 1.54) is 32.1 Å². The number of nitrogens with zero attached hydrogens (tertiary/aromatic N) is 5. The highest BCUT2D eigenvalue weighted by molar-refractivity contribution is 6.22. The highest BCUT2D eigenvalue weighted by Crippen LogP contribution is 2.44. The van der Waals surface area contributed by atoms with Crippen LogP contribution in [0.3, 0.4) is 0 Å². The molecule has 1 aliphatic carbocycles. The highest BCUT2D eigenvalue weighted by Gasteiger charge is 2.46. The number of halogens is 1. The van der Waals surface area contributed by atoms with E-state index in [4.69, 9.17) is 22.4 Å². The molecule has 4 aliphatic heterocycles. The number of nitrogens with one attached hydrogen (secondary N) is 2. The molecule has 10 heteroatoms. The molecule has 0 aromatic carbocycles. The number of carbonyl (C=O) groups excluding carboxylic acids is 1. The molecular formula is C28H41ClN8O. The maximum absolute atomic E-state index is 13.8. The summed E-state index contributed by atoms with van der Waals surface area (Å²) >= 11 is 7.04. The number of pyridine rings is 1. The van der Waals surface area contributed by atoms with Crippen molar-refractivity contribution < 1.29 is 4.79 Å². The molecule has 4 N–H and O–H groups in total. The molecular weight excluding hydrogens is 500 g/mol. The number of carbonyl (C=O) groups is 1.